The van der Waals surface area contributed by atoms with Crippen molar-refractivity contribution in [3.8, 4) is 0 Å². The van der Waals surface area contributed by atoms with Gasteiger partial charge in [-0.25, -0.2) is 0 Å². The number of nitrogens with zero attached hydrogens (tertiary/aromatic N) is 1. The molecule has 0 radical (unpaired) electrons. The standard InChI is InChI=1S/C14H22BrClN2/c1-3-4-5-8-18(2)14(10-17)12-9-11(15)6-7-13(12)16/h6-7,9,14H,3-5,8,10,17H2,1-2H3. The van der Waals surface area contributed by atoms with E-state index in [1.54, 1.807) is 0 Å². The Kier molecular flexibility index (Phi) is 7.23. The van der Waals surface area contributed by atoms with Crippen LogP contribution in [0.25, 0.3) is 0 Å². The van der Waals surface area contributed by atoms with E-state index in [9.17, 15) is 0 Å². The molecule has 1 aromatic carbocycles. The van der Waals surface area contributed by atoms with Crippen LogP contribution in [0.15, 0.2) is 22.7 Å². The minimum atomic E-state index is 0.187. The fraction of sp³-hybridized carbons (Fsp3) is 0.571. The van der Waals surface area contributed by atoms with Crippen molar-refractivity contribution in [2.75, 3.05) is 20.1 Å². The maximum absolute atomic E-state index is 6.27. The molecule has 1 unspecified atom stereocenters. The van der Waals surface area contributed by atoms with Crippen LogP contribution in [0.2, 0.25) is 5.02 Å². The fourth-order valence-electron chi connectivity index (χ4n) is 2.08. The number of halogens is 2. The zero-order valence-electron chi connectivity index (χ0n) is 11.1. The van der Waals surface area contributed by atoms with Gasteiger partial charge in [0.25, 0.3) is 0 Å². The summed E-state index contributed by atoms with van der Waals surface area (Å²) < 4.78 is 1.04. The number of unbranched alkanes of at least 4 members (excludes halogenated alkanes) is 2. The molecule has 0 aliphatic heterocycles. The second-order valence-electron chi connectivity index (χ2n) is 4.61. The largest absolute Gasteiger partial charge is 0.329 e. The van der Waals surface area contributed by atoms with Gasteiger partial charge >= 0.3 is 0 Å². The Morgan fingerprint density at radius 2 is 2.11 bits per heavy atom. The highest BCUT2D eigenvalue weighted by Crippen LogP contribution is 2.29. The van der Waals surface area contributed by atoms with Crippen LogP contribution in [-0.2, 0) is 0 Å². The Morgan fingerprint density at radius 1 is 1.39 bits per heavy atom. The molecule has 0 amide bonds. The number of benzene rings is 1. The molecule has 18 heavy (non-hydrogen) atoms. The molecule has 4 heteroatoms. The van der Waals surface area contributed by atoms with E-state index in [4.69, 9.17) is 17.3 Å². The van der Waals surface area contributed by atoms with E-state index < -0.39 is 0 Å². The molecule has 2 N–H and O–H groups in total. The monoisotopic (exact) mass is 332 g/mol. The van der Waals surface area contributed by atoms with E-state index >= 15 is 0 Å². The van der Waals surface area contributed by atoms with Gasteiger partial charge in [-0.1, -0.05) is 47.3 Å². The van der Waals surface area contributed by atoms with Crippen LogP contribution in [0.5, 0.6) is 0 Å². The topological polar surface area (TPSA) is 29.3 Å². The lowest BCUT2D eigenvalue weighted by Gasteiger charge is -2.28. The van der Waals surface area contributed by atoms with E-state index in [1.807, 2.05) is 12.1 Å². The van der Waals surface area contributed by atoms with Gasteiger partial charge in [0.15, 0.2) is 0 Å². The lowest BCUT2D eigenvalue weighted by molar-refractivity contribution is 0.245. The molecule has 0 aromatic heterocycles. The highest BCUT2D eigenvalue weighted by molar-refractivity contribution is 9.10. The van der Waals surface area contributed by atoms with Crippen molar-refractivity contribution in [1.29, 1.82) is 0 Å². The van der Waals surface area contributed by atoms with Crippen molar-refractivity contribution in [2.24, 2.45) is 5.73 Å². The summed E-state index contributed by atoms with van der Waals surface area (Å²) in [6.07, 6.45) is 3.70. The van der Waals surface area contributed by atoms with Gasteiger partial charge in [0.05, 0.1) is 0 Å². The molecule has 0 bridgehead atoms. The fourth-order valence-corrected chi connectivity index (χ4v) is 2.70. The van der Waals surface area contributed by atoms with Gasteiger partial charge in [-0.05, 0) is 43.8 Å². The molecule has 0 spiro atoms. The quantitative estimate of drug-likeness (QED) is 0.757. The molecule has 2 nitrogen and oxygen atoms in total. The zero-order valence-corrected chi connectivity index (χ0v) is 13.5. The predicted octanol–water partition coefficient (Wildman–Crippen LogP) is 4.22. The molecular weight excluding hydrogens is 312 g/mol. The average molecular weight is 334 g/mol. The van der Waals surface area contributed by atoms with E-state index in [2.05, 4.69) is 40.9 Å². The summed E-state index contributed by atoms with van der Waals surface area (Å²) in [5, 5.41) is 0.788. The molecule has 1 rings (SSSR count). The maximum Gasteiger partial charge on any atom is 0.0482 e. The van der Waals surface area contributed by atoms with Gasteiger partial charge in [0.1, 0.15) is 0 Å². The molecule has 1 aromatic rings. The summed E-state index contributed by atoms with van der Waals surface area (Å²) in [6, 6.07) is 6.13. The van der Waals surface area contributed by atoms with Crippen LogP contribution in [-0.4, -0.2) is 25.0 Å². The first-order chi connectivity index (χ1) is 8.60. The lowest BCUT2D eigenvalue weighted by atomic mass is 10.1. The van der Waals surface area contributed by atoms with Crippen molar-refractivity contribution < 1.29 is 0 Å². The van der Waals surface area contributed by atoms with E-state index in [-0.39, 0.29) is 6.04 Å². The third-order valence-electron chi connectivity index (χ3n) is 3.19. The first kappa shape index (κ1) is 16.0. The number of rotatable bonds is 7. The number of hydrogen-bond acceptors (Lipinski definition) is 2. The molecular formula is C14H22BrClN2. The average Bonchev–Trinajstić information content (AvgIpc) is 2.35. The van der Waals surface area contributed by atoms with Gasteiger partial charge in [-0.3, -0.25) is 4.90 Å². The van der Waals surface area contributed by atoms with Crippen molar-refractivity contribution in [3.63, 3.8) is 0 Å². The minimum Gasteiger partial charge on any atom is -0.329 e. The van der Waals surface area contributed by atoms with Crippen LogP contribution in [0.3, 0.4) is 0 Å². The normalized spacial score (nSPS) is 13.0. The van der Waals surface area contributed by atoms with Gasteiger partial charge in [0, 0.05) is 22.1 Å². The van der Waals surface area contributed by atoms with Crippen LogP contribution < -0.4 is 5.73 Å². The number of hydrogen-bond donors (Lipinski definition) is 1. The smallest absolute Gasteiger partial charge is 0.0482 e. The van der Waals surface area contributed by atoms with Crippen molar-refractivity contribution in [3.05, 3.63) is 33.3 Å². The third kappa shape index (κ3) is 4.54. The van der Waals surface area contributed by atoms with Gasteiger partial charge in [-0.2, -0.15) is 0 Å². The zero-order chi connectivity index (χ0) is 13.5. The summed E-state index contributed by atoms with van der Waals surface area (Å²) >= 11 is 9.76. The summed E-state index contributed by atoms with van der Waals surface area (Å²) in [6.45, 7) is 3.85. The molecule has 0 saturated heterocycles. The van der Waals surface area contributed by atoms with Gasteiger partial charge in [-0.15, -0.1) is 0 Å². The maximum atomic E-state index is 6.27. The molecule has 0 heterocycles. The summed E-state index contributed by atoms with van der Waals surface area (Å²) in [4.78, 5) is 2.29. The van der Waals surface area contributed by atoms with E-state index in [1.165, 1.54) is 19.3 Å². The van der Waals surface area contributed by atoms with Crippen LogP contribution in [0.1, 0.15) is 37.8 Å². The Morgan fingerprint density at radius 3 is 2.72 bits per heavy atom. The van der Waals surface area contributed by atoms with Crippen LogP contribution in [0.4, 0.5) is 0 Å². The SMILES string of the molecule is CCCCCN(C)C(CN)c1cc(Br)ccc1Cl. The molecule has 102 valence electrons. The Hall–Kier alpha value is -0.0900. The highest BCUT2D eigenvalue weighted by atomic mass is 79.9. The Labute approximate surface area is 124 Å². The van der Waals surface area contributed by atoms with Gasteiger partial charge < -0.3 is 5.73 Å². The summed E-state index contributed by atoms with van der Waals surface area (Å²) in [5.74, 6) is 0. The predicted molar refractivity (Wildman–Crippen MR) is 83.1 cm³/mol. The second kappa shape index (κ2) is 8.16. The number of likely N-dealkylation sites (N-methyl/N-ethyl adjacent to an activating group) is 1. The lowest BCUT2D eigenvalue weighted by Crippen LogP contribution is -2.31. The Bertz CT molecular complexity index is 371. The highest BCUT2D eigenvalue weighted by Gasteiger charge is 2.18. The summed E-state index contributed by atoms with van der Waals surface area (Å²) in [5.41, 5.74) is 7.02. The molecule has 0 aliphatic carbocycles. The second-order valence-corrected chi connectivity index (χ2v) is 5.93. The third-order valence-corrected chi connectivity index (χ3v) is 4.02. The Balaban J connectivity index is 2.78. The molecule has 0 fully saturated rings. The minimum absolute atomic E-state index is 0.187. The first-order valence-electron chi connectivity index (χ1n) is 6.45. The van der Waals surface area contributed by atoms with Crippen LogP contribution in [0, 0.1) is 0 Å². The summed E-state index contributed by atoms with van der Waals surface area (Å²) in [7, 11) is 2.12. The van der Waals surface area contributed by atoms with Crippen molar-refractivity contribution in [1.82, 2.24) is 4.90 Å². The van der Waals surface area contributed by atoms with Crippen molar-refractivity contribution in [2.45, 2.75) is 32.2 Å². The van der Waals surface area contributed by atoms with Gasteiger partial charge in [0.2, 0.25) is 0 Å². The molecule has 0 aliphatic rings. The molecule has 0 saturated carbocycles. The van der Waals surface area contributed by atoms with Crippen LogP contribution >= 0.6 is 27.5 Å². The molecule has 1 atom stereocenters. The first-order valence-corrected chi connectivity index (χ1v) is 7.62. The van der Waals surface area contributed by atoms with Crippen molar-refractivity contribution >= 4 is 27.5 Å². The van der Waals surface area contributed by atoms with E-state index in [0.29, 0.717) is 6.54 Å². The number of nitrogens with two attached hydrogens (primary N) is 1. The van der Waals surface area contributed by atoms with E-state index in [0.717, 1.165) is 21.6 Å².